The summed E-state index contributed by atoms with van der Waals surface area (Å²) in [5.74, 6) is 0.937. The van der Waals surface area contributed by atoms with Gasteiger partial charge in [0, 0.05) is 6.61 Å². The number of carbonyl (C=O) groups excluding carboxylic acids is 1. The van der Waals surface area contributed by atoms with Gasteiger partial charge in [-0.1, -0.05) is 27.2 Å². The van der Waals surface area contributed by atoms with E-state index >= 15 is 0 Å². The largest absolute Gasteiger partial charge is 0.461 e. The number of hydrogen-bond donors (Lipinski definition) is 0. The Morgan fingerprint density at radius 2 is 1.64 bits per heavy atom. The van der Waals surface area contributed by atoms with Gasteiger partial charge in [-0.05, 0) is 52.9 Å². The van der Waals surface area contributed by atoms with E-state index in [4.69, 9.17) is 14.2 Å². The Balaban J connectivity index is 4.12. The SMILES string of the molecule is CCC(C)C(C)CCOC(C)(C)C(=O)OCC(C)OC(C)C. The molecule has 0 amide bonds. The third-order valence-corrected chi connectivity index (χ3v) is 4.10. The van der Waals surface area contributed by atoms with E-state index in [-0.39, 0.29) is 24.8 Å². The van der Waals surface area contributed by atoms with Gasteiger partial charge in [0.15, 0.2) is 5.60 Å². The highest BCUT2D eigenvalue weighted by Crippen LogP contribution is 2.20. The summed E-state index contributed by atoms with van der Waals surface area (Å²) in [7, 11) is 0. The van der Waals surface area contributed by atoms with Gasteiger partial charge in [0.05, 0.1) is 12.2 Å². The molecule has 4 nitrogen and oxygen atoms in total. The molecule has 22 heavy (non-hydrogen) atoms. The Morgan fingerprint density at radius 1 is 1.05 bits per heavy atom. The first kappa shape index (κ1) is 21.4. The van der Waals surface area contributed by atoms with Crippen molar-refractivity contribution in [1.29, 1.82) is 0 Å². The number of esters is 1. The van der Waals surface area contributed by atoms with Crippen LogP contribution in [0.4, 0.5) is 0 Å². The van der Waals surface area contributed by atoms with Crippen molar-refractivity contribution in [1.82, 2.24) is 0 Å². The van der Waals surface area contributed by atoms with E-state index in [0.717, 1.165) is 6.42 Å². The van der Waals surface area contributed by atoms with Gasteiger partial charge in [-0.15, -0.1) is 0 Å². The average Bonchev–Trinajstić information content (AvgIpc) is 2.42. The standard InChI is InChI=1S/C18H36O4/c1-9-14(4)15(5)10-11-21-18(7,8)17(19)20-12-16(6)22-13(2)3/h13-16H,9-12H2,1-8H3. The van der Waals surface area contributed by atoms with Crippen molar-refractivity contribution in [2.24, 2.45) is 11.8 Å². The Morgan fingerprint density at radius 3 is 2.14 bits per heavy atom. The molecule has 3 atom stereocenters. The van der Waals surface area contributed by atoms with Crippen molar-refractivity contribution < 1.29 is 19.0 Å². The second-order valence-corrected chi connectivity index (χ2v) is 7.10. The fraction of sp³-hybridized carbons (Fsp3) is 0.944. The summed E-state index contributed by atoms with van der Waals surface area (Å²) in [5, 5.41) is 0. The molecule has 0 aliphatic carbocycles. The van der Waals surface area contributed by atoms with Crippen LogP contribution in [0.5, 0.6) is 0 Å². The maximum Gasteiger partial charge on any atom is 0.337 e. The molecule has 0 aliphatic rings. The minimum atomic E-state index is -0.910. The quantitative estimate of drug-likeness (QED) is 0.536. The monoisotopic (exact) mass is 316 g/mol. The van der Waals surface area contributed by atoms with Crippen molar-refractivity contribution in [3.05, 3.63) is 0 Å². The summed E-state index contributed by atoms with van der Waals surface area (Å²) in [5.41, 5.74) is -0.910. The van der Waals surface area contributed by atoms with Gasteiger partial charge >= 0.3 is 5.97 Å². The molecule has 0 aromatic carbocycles. The molecule has 3 unspecified atom stereocenters. The van der Waals surface area contributed by atoms with Crippen LogP contribution in [0.1, 0.15) is 68.2 Å². The van der Waals surface area contributed by atoms with E-state index in [2.05, 4.69) is 20.8 Å². The summed E-state index contributed by atoms with van der Waals surface area (Å²) in [4.78, 5) is 12.1. The minimum absolute atomic E-state index is 0.106. The maximum atomic E-state index is 12.1. The fourth-order valence-electron chi connectivity index (χ4n) is 2.12. The number of hydrogen-bond acceptors (Lipinski definition) is 4. The highest BCUT2D eigenvalue weighted by molar-refractivity contribution is 5.78. The van der Waals surface area contributed by atoms with Crippen molar-refractivity contribution in [2.45, 2.75) is 86.0 Å². The normalized spacial score (nSPS) is 16.4. The molecule has 132 valence electrons. The van der Waals surface area contributed by atoms with Crippen LogP contribution in [0.15, 0.2) is 0 Å². The summed E-state index contributed by atoms with van der Waals surface area (Å²) in [6.07, 6.45) is 2.14. The molecular formula is C18H36O4. The average molecular weight is 316 g/mol. The molecule has 0 radical (unpaired) electrons. The van der Waals surface area contributed by atoms with Crippen LogP contribution in [0, 0.1) is 11.8 Å². The van der Waals surface area contributed by atoms with Crippen LogP contribution in [-0.2, 0) is 19.0 Å². The topological polar surface area (TPSA) is 44.8 Å². The molecule has 0 N–H and O–H groups in total. The predicted octanol–water partition coefficient (Wildman–Crippen LogP) is 4.21. The third kappa shape index (κ3) is 8.74. The van der Waals surface area contributed by atoms with Crippen LogP contribution in [0.3, 0.4) is 0 Å². The molecule has 0 bridgehead atoms. The Kier molecular flexibility index (Phi) is 9.94. The first-order chi connectivity index (χ1) is 10.1. The lowest BCUT2D eigenvalue weighted by Crippen LogP contribution is -2.39. The van der Waals surface area contributed by atoms with Gasteiger partial charge in [-0.2, -0.15) is 0 Å². The lowest BCUT2D eigenvalue weighted by Gasteiger charge is -2.26. The molecule has 0 fully saturated rings. The molecule has 0 spiro atoms. The van der Waals surface area contributed by atoms with Crippen LogP contribution in [-0.4, -0.2) is 37.0 Å². The summed E-state index contributed by atoms with van der Waals surface area (Å²) < 4.78 is 16.6. The lowest BCUT2D eigenvalue weighted by molar-refractivity contribution is -0.173. The first-order valence-corrected chi connectivity index (χ1v) is 8.56. The number of carbonyl (C=O) groups is 1. The van der Waals surface area contributed by atoms with Gasteiger partial charge in [0.2, 0.25) is 0 Å². The second kappa shape index (κ2) is 10.2. The van der Waals surface area contributed by atoms with E-state index < -0.39 is 5.60 Å². The summed E-state index contributed by atoms with van der Waals surface area (Å²) in [6, 6.07) is 0. The highest BCUT2D eigenvalue weighted by Gasteiger charge is 2.31. The van der Waals surface area contributed by atoms with Crippen molar-refractivity contribution >= 4 is 5.97 Å². The van der Waals surface area contributed by atoms with E-state index in [9.17, 15) is 4.79 Å². The zero-order valence-electron chi connectivity index (χ0n) is 15.8. The molecule has 0 saturated carbocycles. The third-order valence-electron chi connectivity index (χ3n) is 4.10. The van der Waals surface area contributed by atoms with E-state index in [1.807, 2.05) is 20.8 Å². The lowest BCUT2D eigenvalue weighted by atomic mass is 9.91. The molecule has 4 heteroatoms. The Labute approximate surface area is 136 Å². The van der Waals surface area contributed by atoms with Gasteiger partial charge < -0.3 is 14.2 Å². The van der Waals surface area contributed by atoms with E-state index in [1.165, 1.54) is 6.42 Å². The van der Waals surface area contributed by atoms with Gasteiger partial charge in [-0.25, -0.2) is 4.79 Å². The summed E-state index contributed by atoms with van der Waals surface area (Å²) >= 11 is 0. The van der Waals surface area contributed by atoms with Gasteiger partial charge in [0.1, 0.15) is 6.61 Å². The summed E-state index contributed by atoms with van der Waals surface area (Å²) in [6.45, 7) is 16.9. The van der Waals surface area contributed by atoms with Crippen LogP contribution >= 0.6 is 0 Å². The first-order valence-electron chi connectivity index (χ1n) is 8.56. The Bertz CT molecular complexity index is 312. The van der Waals surface area contributed by atoms with Gasteiger partial charge in [-0.3, -0.25) is 0 Å². The van der Waals surface area contributed by atoms with Crippen molar-refractivity contribution in [2.75, 3.05) is 13.2 Å². The smallest absolute Gasteiger partial charge is 0.337 e. The zero-order chi connectivity index (χ0) is 17.3. The van der Waals surface area contributed by atoms with E-state index in [1.54, 1.807) is 13.8 Å². The van der Waals surface area contributed by atoms with Crippen LogP contribution in [0.2, 0.25) is 0 Å². The molecule has 0 aromatic heterocycles. The Hall–Kier alpha value is -0.610. The maximum absolute atomic E-state index is 12.1. The molecule has 0 saturated heterocycles. The van der Waals surface area contributed by atoms with E-state index in [0.29, 0.717) is 18.4 Å². The predicted molar refractivity (Wildman–Crippen MR) is 89.9 cm³/mol. The van der Waals surface area contributed by atoms with Crippen molar-refractivity contribution in [3.8, 4) is 0 Å². The van der Waals surface area contributed by atoms with Crippen LogP contribution in [0.25, 0.3) is 0 Å². The van der Waals surface area contributed by atoms with Crippen molar-refractivity contribution in [3.63, 3.8) is 0 Å². The van der Waals surface area contributed by atoms with Gasteiger partial charge in [0.25, 0.3) is 0 Å². The van der Waals surface area contributed by atoms with Crippen LogP contribution < -0.4 is 0 Å². The molecule has 0 rings (SSSR count). The molecular weight excluding hydrogens is 280 g/mol. The molecule has 0 heterocycles. The molecule has 0 aliphatic heterocycles. The zero-order valence-corrected chi connectivity index (χ0v) is 15.8. The second-order valence-electron chi connectivity index (χ2n) is 7.10. The fourth-order valence-corrected chi connectivity index (χ4v) is 2.12. The highest BCUT2D eigenvalue weighted by atomic mass is 16.6. The minimum Gasteiger partial charge on any atom is -0.461 e. The number of rotatable bonds is 11. The number of ether oxygens (including phenoxy) is 3. The molecule has 0 aromatic rings.